The second kappa shape index (κ2) is 12.8. The van der Waals surface area contributed by atoms with Crippen molar-refractivity contribution in [3.63, 3.8) is 0 Å². The topological polar surface area (TPSA) is 51.2 Å². The number of amides is 1. The van der Waals surface area contributed by atoms with Gasteiger partial charge in [-0.05, 0) is 28.8 Å². The van der Waals surface area contributed by atoms with Crippen molar-refractivity contribution < 1.29 is 19.0 Å². The summed E-state index contributed by atoms with van der Waals surface area (Å²) in [6.07, 6.45) is 7.14. The monoisotopic (exact) mass is 498 g/mol. The van der Waals surface area contributed by atoms with Gasteiger partial charge in [-0.1, -0.05) is 78.9 Å². The minimum Gasteiger partial charge on any atom is -0.493 e. The van der Waals surface area contributed by atoms with E-state index in [1.165, 1.54) is 11.1 Å². The highest BCUT2D eigenvalue weighted by Crippen LogP contribution is 2.38. The Morgan fingerprint density at radius 2 is 1.30 bits per heavy atom. The molecule has 37 heavy (non-hydrogen) atoms. The normalized spacial score (nSPS) is 14.4. The Balaban J connectivity index is 1.38. The lowest BCUT2D eigenvalue weighted by molar-refractivity contribution is -0.127. The summed E-state index contributed by atoms with van der Waals surface area (Å²) >= 11 is 0. The first kappa shape index (κ1) is 26.0. The molecule has 1 heterocycles. The van der Waals surface area contributed by atoms with Crippen LogP contribution in [0.4, 0.5) is 0 Å². The zero-order valence-electron chi connectivity index (χ0n) is 21.7. The van der Waals surface area contributed by atoms with Crippen LogP contribution >= 0.6 is 0 Å². The molecule has 1 amide bonds. The van der Waals surface area contributed by atoms with Crippen molar-refractivity contribution in [1.29, 1.82) is 0 Å². The highest BCUT2D eigenvalue weighted by molar-refractivity contribution is 5.88. The molecule has 0 aliphatic carbocycles. The molecule has 0 saturated carbocycles. The molecule has 0 aromatic heterocycles. The van der Waals surface area contributed by atoms with Crippen molar-refractivity contribution >= 4 is 12.0 Å². The van der Waals surface area contributed by atoms with Crippen LogP contribution in [0, 0.1) is 0 Å². The fourth-order valence-corrected chi connectivity index (χ4v) is 4.69. The lowest BCUT2D eigenvalue weighted by Gasteiger charge is -2.39. The first-order chi connectivity index (χ1) is 18.1. The van der Waals surface area contributed by atoms with Crippen molar-refractivity contribution in [2.45, 2.75) is 6.04 Å². The van der Waals surface area contributed by atoms with Crippen LogP contribution in [0.15, 0.2) is 91.0 Å². The quantitative estimate of drug-likeness (QED) is 0.299. The van der Waals surface area contributed by atoms with Crippen molar-refractivity contribution in [3.05, 3.63) is 108 Å². The van der Waals surface area contributed by atoms with E-state index in [-0.39, 0.29) is 11.9 Å². The van der Waals surface area contributed by atoms with Gasteiger partial charge in [0.15, 0.2) is 11.5 Å². The Morgan fingerprint density at radius 3 is 1.78 bits per heavy atom. The number of benzene rings is 3. The summed E-state index contributed by atoms with van der Waals surface area (Å²) in [6, 6.07) is 25.1. The maximum Gasteiger partial charge on any atom is 0.246 e. The third-order valence-electron chi connectivity index (χ3n) is 6.55. The number of hydrogen-bond donors (Lipinski definition) is 0. The molecule has 0 spiro atoms. The summed E-state index contributed by atoms with van der Waals surface area (Å²) < 4.78 is 16.2. The molecule has 3 aromatic carbocycles. The number of methoxy groups -OCH3 is 3. The molecular formula is C31H34N2O4. The third kappa shape index (κ3) is 6.40. The van der Waals surface area contributed by atoms with E-state index in [1.807, 2.05) is 41.3 Å². The van der Waals surface area contributed by atoms with E-state index in [9.17, 15) is 4.79 Å². The van der Waals surface area contributed by atoms with Gasteiger partial charge in [-0.3, -0.25) is 9.69 Å². The highest BCUT2D eigenvalue weighted by Gasteiger charge is 2.27. The number of hydrogen-bond acceptors (Lipinski definition) is 5. The smallest absolute Gasteiger partial charge is 0.246 e. The number of ether oxygens (including phenoxy) is 3. The molecule has 0 bridgehead atoms. The molecule has 4 rings (SSSR count). The summed E-state index contributed by atoms with van der Waals surface area (Å²) in [5.41, 5.74) is 3.42. The average molecular weight is 499 g/mol. The van der Waals surface area contributed by atoms with Crippen LogP contribution < -0.4 is 14.2 Å². The number of rotatable bonds is 9. The van der Waals surface area contributed by atoms with Crippen molar-refractivity contribution in [2.75, 3.05) is 47.5 Å². The zero-order chi connectivity index (χ0) is 26.0. The lowest BCUT2D eigenvalue weighted by atomic mass is 9.96. The number of carbonyl (C=O) groups excluding carboxylic acids is 1. The van der Waals surface area contributed by atoms with Gasteiger partial charge in [-0.2, -0.15) is 0 Å². The van der Waals surface area contributed by atoms with Crippen LogP contribution in [0.5, 0.6) is 17.2 Å². The standard InChI is InChI=1S/C31H34N2O4/c1-35-27-22-24(23-28(36-2)31(27)37-3)12-10-11-17-29(34)32-18-20-33(21-19-32)30(25-13-6-4-7-14-25)26-15-8-5-9-16-26/h4-17,22-23,30H,18-21H2,1-3H3/b12-10+,17-11+. The minimum absolute atomic E-state index is 0.0187. The molecule has 6 heteroatoms. The molecule has 1 fully saturated rings. The SMILES string of the molecule is COc1cc(/C=C/C=C/C(=O)N2CCN(C(c3ccccc3)c3ccccc3)CC2)cc(OC)c1OC. The Labute approximate surface area is 219 Å². The molecule has 1 aliphatic rings. The van der Waals surface area contributed by atoms with Gasteiger partial charge in [-0.15, -0.1) is 0 Å². The van der Waals surface area contributed by atoms with E-state index < -0.39 is 0 Å². The fraction of sp³-hybridized carbons (Fsp3) is 0.258. The van der Waals surface area contributed by atoms with Crippen LogP contribution in [0.25, 0.3) is 6.08 Å². The van der Waals surface area contributed by atoms with E-state index in [0.29, 0.717) is 30.3 Å². The number of carbonyl (C=O) groups is 1. The maximum atomic E-state index is 12.8. The Bertz CT molecular complexity index is 1150. The Kier molecular flexibility index (Phi) is 9.00. The number of allylic oxidation sites excluding steroid dienone is 2. The molecule has 0 radical (unpaired) electrons. The van der Waals surface area contributed by atoms with Crippen LogP contribution in [0.3, 0.4) is 0 Å². The van der Waals surface area contributed by atoms with Gasteiger partial charge in [-0.25, -0.2) is 0 Å². The summed E-state index contributed by atoms with van der Waals surface area (Å²) in [6.45, 7) is 3.01. The van der Waals surface area contributed by atoms with E-state index in [2.05, 4.69) is 53.4 Å². The Hall–Kier alpha value is -4.03. The van der Waals surface area contributed by atoms with Crippen molar-refractivity contribution in [2.24, 2.45) is 0 Å². The van der Waals surface area contributed by atoms with Gasteiger partial charge in [0.2, 0.25) is 11.7 Å². The first-order valence-corrected chi connectivity index (χ1v) is 12.4. The van der Waals surface area contributed by atoms with Crippen molar-refractivity contribution in [1.82, 2.24) is 9.80 Å². The molecule has 6 nitrogen and oxygen atoms in total. The van der Waals surface area contributed by atoms with Gasteiger partial charge in [0.25, 0.3) is 0 Å². The van der Waals surface area contributed by atoms with E-state index in [0.717, 1.165) is 18.7 Å². The minimum atomic E-state index is 0.0187. The molecule has 1 aliphatic heterocycles. The van der Waals surface area contributed by atoms with Gasteiger partial charge >= 0.3 is 0 Å². The van der Waals surface area contributed by atoms with Gasteiger partial charge in [0.05, 0.1) is 27.4 Å². The third-order valence-corrected chi connectivity index (χ3v) is 6.55. The molecule has 0 unspecified atom stereocenters. The van der Waals surface area contributed by atoms with Crippen LogP contribution in [0.1, 0.15) is 22.7 Å². The number of nitrogens with zero attached hydrogens (tertiary/aromatic N) is 2. The molecule has 3 aromatic rings. The van der Waals surface area contributed by atoms with E-state index in [1.54, 1.807) is 33.5 Å². The Morgan fingerprint density at radius 1 is 0.757 bits per heavy atom. The molecule has 0 atom stereocenters. The fourth-order valence-electron chi connectivity index (χ4n) is 4.69. The summed E-state index contributed by atoms with van der Waals surface area (Å²) in [5.74, 6) is 1.74. The maximum absolute atomic E-state index is 12.8. The van der Waals surface area contributed by atoms with Crippen LogP contribution in [-0.2, 0) is 4.79 Å². The molecule has 1 saturated heterocycles. The summed E-state index contributed by atoms with van der Waals surface area (Å²) in [5, 5.41) is 0. The van der Waals surface area contributed by atoms with Gasteiger partial charge in [0, 0.05) is 32.3 Å². The van der Waals surface area contributed by atoms with E-state index in [4.69, 9.17) is 14.2 Å². The predicted octanol–water partition coefficient (Wildman–Crippen LogP) is 5.22. The molecular weight excluding hydrogens is 464 g/mol. The molecule has 0 N–H and O–H groups in total. The summed E-state index contributed by atoms with van der Waals surface area (Å²) in [4.78, 5) is 17.2. The first-order valence-electron chi connectivity index (χ1n) is 12.4. The second-order valence-corrected chi connectivity index (χ2v) is 8.76. The summed E-state index contributed by atoms with van der Waals surface area (Å²) in [7, 11) is 4.75. The van der Waals surface area contributed by atoms with Crippen LogP contribution in [-0.4, -0.2) is 63.2 Å². The zero-order valence-corrected chi connectivity index (χ0v) is 21.7. The highest BCUT2D eigenvalue weighted by atomic mass is 16.5. The van der Waals surface area contributed by atoms with Gasteiger partial charge in [0.1, 0.15) is 0 Å². The van der Waals surface area contributed by atoms with Crippen molar-refractivity contribution in [3.8, 4) is 17.2 Å². The predicted molar refractivity (Wildman–Crippen MR) is 147 cm³/mol. The van der Waals surface area contributed by atoms with E-state index >= 15 is 0 Å². The van der Waals surface area contributed by atoms with Gasteiger partial charge < -0.3 is 19.1 Å². The van der Waals surface area contributed by atoms with Crippen LogP contribution in [0.2, 0.25) is 0 Å². The lowest BCUT2D eigenvalue weighted by Crippen LogP contribution is -2.49. The number of piperazine rings is 1. The average Bonchev–Trinajstić information content (AvgIpc) is 2.96. The molecule has 192 valence electrons. The largest absolute Gasteiger partial charge is 0.493 e. The second-order valence-electron chi connectivity index (χ2n) is 8.76.